The lowest BCUT2D eigenvalue weighted by atomic mass is 9.99. The Hall–Kier alpha value is -2.67. The fraction of sp³-hybridized carbons (Fsp3) is 0.278. The van der Waals surface area contributed by atoms with Gasteiger partial charge in [-0.05, 0) is 30.5 Å². The maximum atomic E-state index is 12.4. The van der Waals surface area contributed by atoms with Crippen molar-refractivity contribution in [2.24, 2.45) is 0 Å². The van der Waals surface area contributed by atoms with Crippen molar-refractivity contribution in [3.8, 4) is 16.5 Å². The van der Waals surface area contributed by atoms with E-state index in [-0.39, 0.29) is 11.8 Å². The summed E-state index contributed by atoms with van der Waals surface area (Å²) < 4.78 is 11.0. The molecule has 1 atom stereocenters. The molecule has 1 aliphatic heterocycles. The topological polar surface area (TPSA) is 68.5 Å². The number of aromatic nitrogens is 2. The molecule has 1 fully saturated rings. The Morgan fingerprint density at radius 1 is 1.28 bits per heavy atom. The molecule has 1 aromatic carbocycles. The van der Waals surface area contributed by atoms with Crippen LogP contribution in [0, 0.1) is 0 Å². The number of likely N-dealkylation sites (tertiary alicyclic amines) is 1. The first kappa shape index (κ1) is 15.8. The molecule has 3 aromatic rings. The molecule has 7 heteroatoms. The zero-order valence-electron chi connectivity index (χ0n) is 13.7. The van der Waals surface area contributed by atoms with Gasteiger partial charge >= 0.3 is 0 Å². The van der Waals surface area contributed by atoms with E-state index in [2.05, 4.69) is 10.1 Å². The van der Waals surface area contributed by atoms with E-state index < -0.39 is 6.10 Å². The number of hydrogen-bond donors (Lipinski definition) is 0. The van der Waals surface area contributed by atoms with Gasteiger partial charge in [0.05, 0.1) is 10.8 Å². The molecule has 0 bridgehead atoms. The summed E-state index contributed by atoms with van der Waals surface area (Å²) in [5, 5.41) is 5.99. The fourth-order valence-electron chi connectivity index (χ4n) is 2.73. The highest BCUT2D eigenvalue weighted by atomic mass is 32.1. The maximum Gasteiger partial charge on any atom is 0.263 e. The zero-order chi connectivity index (χ0) is 17.2. The van der Waals surface area contributed by atoms with Gasteiger partial charge in [0.2, 0.25) is 11.7 Å². The van der Waals surface area contributed by atoms with E-state index in [1.807, 2.05) is 47.8 Å². The molecule has 1 saturated heterocycles. The number of para-hydroxylation sites is 1. The van der Waals surface area contributed by atoms with Crippen molar-refractivity contribution < 1.29 is 14.1 Å². The Balaban J connectivity index is 1.33. The van der Waals surface area contributed by atoms with Crippen molar-refractivity contribution in [3.63, 3.8) is 0 Å². The molecule has 4 rings (SSSR count). The van der Waals surface area contributed by atoms with Crippen LogP contribution in [-0.2, 0) is 4.79 Å². The second kappa shape index (κ2) is 6.68. The highest BCUT2D eigenvalue weighted by Crippen LogP contribution is 2.29. The van der Waals surface area contributed by atoms with E-state index in [1.54, 1.807) is 23.2 Å². The molecule has 1 amide bonds. The molecule has 6 nitrogen and oxygen atoms in total. The third-order valence-electron chi connectivity index (χ3n) is 4.13. The molecule has 0 N–H and O–H groups in total. The van der Waals surface area contributed by atoms with E-state index in [1.165, 1.54) is 0 Å². The number of carbonyl (C=O) groups is 1. The van der Waals surface area contributed by atoms with Gasteiger partial charge in [-0.15, -0.1) is 11.3 Å². The van der Waals surface area contributed by atoms with Crippen LogP contribution in [0.5, 0.6) is 5.75 Å². The molecule has 25 heavy (non-hydrogen) atoms. The molecule has 128 valence electrons. The summed E-state index contributed by atoms with van der Waals surface area (Å²) in [4.78, 5) is 19.6. The number of amides is 1. The minimum Gasteiger partial charge on any atom is -0.481 e. The van der Waals surface area contributed by atoms with Gasteiger partial charge in [-0.25, -0.2) is 0 Å². The maximum absolute atomic E-state index is 12.4. The summed E-state index contributed by atoms with van der Waals surface area (Å²) in [5.74, 6) is 1.95. The minimum absolute atomic E-state index is 0.0295. The molecule has 3 heterocycles. The predicted octanol–water partition coefficient (Wildman–Crippen LogP) is 3.19. The molecular formula is C18H17N3O3S. The van der Waals surface area contributed by atoms with E-state index in [0.29, 0.717) is 30.6 Å². The first-order valence-electron chi connectivity index (χ1n) is 8.08. The van der Waals surface area contributed by atoms with Crippen LogP contribution in [0.15, 0.2) is 52.4 Å². The second-order valence-electron chi connectivity index (χ2n) is 5.95. The van der Waals surface area contributed by atoms with Gasteiger partial charge in [0.1, 0.15) is 5.75 Å². The van der Waals surface area contributed by atoms with Gasteiger partial charge in [0.15, 0.2) is 6.10 Å². The SMILES string of the molecule is CC(Oc1ccccc1)C(=O)N1CC(c2nc(-c3cccs3)no2)C1. The van der Waals surface area contributed by atoms with Gasteiger partial charge in [0.25, 0.3) is 5.91 Å². The van der Waals surface area contributed by atoms with Crippen LogP contribution in [0.3, 0.4) is 0 Å². The van der Waals surface area contributed by atoms with E-state index >= 15 is 0 Å². The van der Waals surface area contributed by atoms with Crippen molar-refractivity contribution in [2.75, 3.05) is 13.1 Å². The molecule has 0 saturated carbocycles. The zero-order valence-corrected chi connectivity index (χ0v) is 14.5. The van der Waals surface area contributed by atoms with Crippen LogP contribution in [0.2, 0.25) is 0 Å². The van der Waals surface area contributed by atoms with Crippen LogP contribution in [0.4, 0.5) is 0 Å². The average molecular weight is 355 g/mol. The molecule has 1 aliphatic rings. The Morgan fingerprint density at radius 2 is 2.08 bits per heavy atom. The Labute approximate surface area is 149 Å². The number of rotatable bonds is 5. The fourth-order valence-corrected chi connectivity index (χ4v) is 3.38. The van der Waals surface area contributed by atoms with E-state index in [0.717, 1.165) is 4.88 Å². The Bertz CT molecular complexity index is 842. The van der Waals surface area contributed by atoms with Crippen molar-refractivity contribution in [1.82, 2.24) is 15.0 Å². The molecule has 2 aromatic heterocycles. The number of thiophene rings is 1. The van der Waals surface area contributed by atoms with Crippen molar-refractivity contribution in [3.05, 3.63) is 53.7 Å². The summed E-state index contributed by atoms with van der Waals surface area (Å²) in [7, 11) is 0. The lowest BCUT2D eigenvalue weighted by Gasteiger charge is -2.38. The van der Waals surface area contributed by atoms with Gasteiger partial charge in [-0.2, -0.15) is 4.98 Å². The highest BCUT2D eigenvalue weighted by Gasteiger charge is 2.37. The average Bonchev–Trinajstić information content (AvgIpc) is 3.25. The second-order valence-corrected chi connectivity index (χ2v) is 6.89. The lowest BCUT2D eigenvalue weighted by Crippen LogP contribution is -2.52. The third-order valence-corrected chi connectivity index (χ3v) is 5.00. The summed E-state index contributed by atoms with van der Waals surface area (Å²) in [6.45, 7) is 2.92. The first-order chi connectivity index (χ1) is 12.2. The summed E-state index contributed by atoms with van der Waals surface area (Å²) in [6, 6.07) is 13.3. The van der Waals surface area contributed by atoms with Gasteiger partial charge in [-0.3, -0.25) is 4.79 Å². The van der Waals surface area contributed by atoms with Crippen LogP contribution < -0.4 is 4.74 Å². The van der Waals surface area contributed by atoms with Crippen LogP contribution in [-0.4, -0.2) is 40.1 Å². The summed E-state index contributed by atoms with van der Waals surface area (Å²) in [6.07, 6.45) is -0.521. The third kappa shape index (κ3) is 3.28. The lowest BCUT2D eigenvalue weighted by molar-refractivity contribution is -0.142. The van der Waals surface area contributed by atoms with Gasteiger partial charge < -0.3 is 14.2 Å². The van der Waals surface area contributed by atoms with Crippen LogP contribution >= 0.6 is 11.3 Å². The largest absolute Gasteiger partial charge is 0.481 e. The number of benzene rings is 1. The monoisotopic (exact) mass is 355 g/mol. The quantitative estimate of drug-likeness (QED) is 0.703. The standard InChI is InChI=1S/C18H17N3O3S/c1-12(23-14-6-3-2-4-7-14)18(22)21-10-13(11-21)17-19-16(20-24-17)15-8-5-9-25-15/h2-9,12-13H,10-11H2,1H3. The van der Waals surface area contributed by atoms with Crippen LogP contribution in [0.25, 0.3) is 10.7 Å². The molecule has 0 spiro atoms. The van der Waals surface area contributed by atoms with E-state index in [4.69, 9.17) is 9.26 Å². The number of ether oxygens (including phenoxy) is 1. The van der Waals surface area contributed by atoms with Gasteiger partial charge in [0, 0.05) is 13.1 Å². The highest BCUT2D eigenvalue weighted by molar-refractivity contribution is 7.13. The molecule has 1 unspecified atom stereocenters. The van der Waals surface area contributed by atoms with Crippen molar-refractivity contribution in [2.45, 2.75) is 18.9 Å². The van der Waals surface area contributed by atoms with E-state index in [9.17, 15) is 4.79 Å². The number of nitrogens with zero attached hydrogens (tertiary/aromatic N) is 3. The number of carbonyl (C=O) groups excluding carboxylic acids is 1. The summed E-state index contributed by atoms with van der Waals surface area (Å²) >= 11 is 1.57. The number of hydrogen-bond acceptors (Lipinski definition) is 6. The Kier molecular flexibility index (Phi) is 4.23. The predicted molar refractivity (Wildman–Crippen MR) is 93.5 cm³/mol. The molecule has 0 aliphatic carbocycles. The first-order valence-corrected chi connectivity index (χ1v) is 8.96. The van der Waals surface area contributed by atoms with Gasteiger partial charge in [-0.1, -0.05) is 29.4 Å². The van der Waals surface area contributed by atoms with Crippen LogP contribution in [0.1, 0.15) is 18.7 Å². The molecule has 0 radical (unpaired) electrons. The minimum atomic E-state index is -0.521. The van der Waals surface area contributed by atoms with Crippen molar-refractivity contribution >= 4 is 17.2 Å². The Morgan fingerprint density at radius 3 is 2.80 bits per heavy atom. The smallest absolute Gasteiger partial charge is 0.263 e. The van der Waals surface area contributed by atoms with Crippen molar-refractivity contribution in [1.29, 1.82) is 0 Å². The molecular weight excluding hydrogens is 338 g/mol. The normalized spacial score (nSPS) is 15.6. The summed E-state index contributed by atoms with van der Waals surface area (Å²) in [5.41, 5.74) is 0.